The number of hydrogen-bond acceptors (Lipinski definition) is 5. The van der Waals surface area contributed by atoms with Gasteiger partial charge in [0.2, 0.25) is 0 Å². The minimum absolute atomic E-state index is 0.195. The number of nitrogens with zero attached hydrogens (tertiary/aromatic N) is 4. The van der Waals surface area contributed by atoms with E-state index in [9.17, 15) is 4.79 Å². The van der Waals surface area contributed by atoms with Crippen LogP contribution in [0.2, 0.25) is 38.3 Å². The third-order valence-electron chi connectivity index (χ3n) is 5.68. The topological polar surface area (TPSA) is 48.3 Å². The van der Waals surface area contributed by atoms with Gasteiger partial charge in [-0.2, -0.15) is 10.2 Å². The monoisotopic (exact) mass is 394 g/mol. The van der Waals surface area contributed by atoms with Gasteiger partial charge < -0.3 is 9.35 Å². The predicted octanol–water partition coefficient (Wildman–Crippen LogP) is 4.69. The van der Waals surface area contributed by atoms with Gasteiger partial charge in [0.05, 0.1) is 5.71 Å². The molecule has 2 aliphatic rings. The summed E-state index contributed by atoms with van der Waals surface area (Å²) in [7, 11) is -2.85. The van der Waals surface area contributed by atoms with Crippen molar-refractivity contribution in [3.63, 3.8) is 0 Å². The van der Waals surface area contributed by atoms with Gasteiger partial charge in [0, 0.05) is 31.6 Å². The van der Waals surface area contributed by atoms with E-state index in [1.807, 2.05) is 0 Å². The third-order valence-corrected chi connectivity index (χ3v) is 12.3. The van der Waals surface area contributed by atoms with Crippen molar-refractivity contribution in [2.45, 2.75) is 90.6 Å². The molecule has 0 atom stereocenters. The molecule has 0 aromatic rings. The van der Waals surface area contributed by atoms with Gasteiger partial charge in [-0.15, -0.1) is 0 Å². The SMILES string of the molecule is CC(=O)CC(CC(C)=NN1CCCC[Si]1(C)C)=NN1CCCC[Si]1(C)C. The normalized spacial score (nSPS) is 23.9. The van der Waals surface area contributed by atoms with Crippen molar-refractivity contribution in [1.29, 1.82) is 0 Å². The molecule has 0 aromatic heterocycles. The molecule has 5 nitrogen and oxygen atoms in total. The fourth-order valence-electron chi connectivity index (χ4n) is 4.00. The maximum atomic E-state index is 11.8. The molecule has 0 spiro atoms. The average molecular weight is 395 g/mol. The summed E-state index contributed by atoms with van der Waals surface area (Å²) in [4.78, 5) is 11.8. The molecular weight excluding hydrogens is 356 g/mol. The second kappa shape index (κ2) is 8.82. The first-order valence-corrected chi connectivity index (χ1v) is 16.6. The van der Waals surface area contributed by atoms with Crippen LogP contribution in [0.25, 0.3) is 0 Å². The standard InChI is InChI=1S/C19H38N4OSi2/c1-17(20-22-11-7-9-13-25(22,3)4)15-19(16-18(2)24)21-23-12-8-10-14-26(23,5)6/h7-16H2,1-6H3. The molecule has 7 heteroatoms. The van der Waals surface area contributed by atoms with Crippen LogP contribution in [0.15, 0.2) is 10.2 Å². The van der Waals surface area contributed by atoms with Gasteiger partial charge >= 0.3 is 0 Å². The van der Waals surface area contributed by atoms with E-state index < -0.39 is 16.5 Å². The maximum Gasteiger partial charge on any atom is 0.172 e. The number of ketones is 1. The van der Waals surface area contributed by atoms with Crippen LogP contribution >= 0.6 is 0 Å². The molecule has 0 amide bonds. The first-order valence-electron chi connectivity index (χ1n) is 10.3. The Bertz CT molecular complexity index is 572. The molecule has 0 aromatic carbocycles. The molecule has 0 radical (unpaired) electrons. The van der Waals surface area contributed by atoms with Gasteiger partial charge in [-0.1, -0.05) is 39.0 Å². The molecular formula is C19H38N4OSi2. The Labute approximate surface area is 162 Å². The molecule has 0 N–H and O–H groups in total. The number of rotatable bonds is 6. The molecule has 2 saturated heterocycles. The van der Waals surface area contributed by atoms with Crippen LogP contribution in [0.3, 0.4) is 0 Å². The summed E-state index contributed by atoms with van der Waals surface area (Å²) >= 11 is 0. The minimum Gasteiger partial charge on any atom is -0.324 e. The van der Waals surface area contributed by atoms with Crippen LogP contribution in [0.5, 0.6) is 0 Å². The summed E-state index contributed by atoms with van der Waals surface area (Å²) in [6.45, 7) is 15.5. The van der Waals surface area contributed by atoms with Crippen LogP contribution in [-0.2, 0) is 4.79 Å². The number of Topliss-reactive ketones (excluding diaryl/α,β-unsaturated/α-hetero) is 1. The van der Waals surface area contributed by atoms with E-state index >= 15 is 0 Å². The van der Waals surface area contributed by atoms with Crippen LogP contribution in [0.1, 0.15) is 52.4 Å². The Morgan fingerprint density at radius 3 is 1.77 bits per heavy atom. The number of hydrazone groups is 2. The molecule has 0 saturated carbocycles. The predicted molar refractivity (Wildman–Crippen MR) is 117 cm³/mol. The lowest BCUT2D eigenvalue weighted by atomic mass is 10.1. The summed E-state index contributed by atoms with van der Waals surface area (Å²) in [5, 5.41) is 9.98. The Morgan fingerprint density at radius 1 is 0.808 bits per heavy atom. The Kier molecular flexibility index (Phi) is 7.24. The molecule has 2 fully saturated rings. The van der Waals surface area contributed by atoms with Crippen molar-refractivity contribution in [2.24, 2.45) is 10.2 Å². The number of hydrogen-bond donors (Lipinski definition) is 0. The summed E-state index contributed by atoms with van der Waals surface area (Å²) in [5.74, 6) is 0.195. The molecule has 2 heterocycles. The van der Waals surface area contributed by atoms with Crippen LogP contribution in [0.4, 0.5) is 0 Å². The smallest absolute Gasteiger partial charge is 0.172 e. The third kappa shape index (κ3) is 6.04. The number of carbonyl (C=O) groups is 1. The lowest BCUT2D eigenvalue weighted by molar-refractivity contribution is -0.115. The Morgan fingerprint density at radius 2 is 1.31 bits per heavy atom. The highest BCUT2D eigenvalue weighted by molar-refractivity contribution is 6.75. The van der Waals surface area contributed by atoms with E-state index in [1.54, 1.807) is 6.92 Å². The molecule has 26 heavy (non-hydrogen) atoms. The zero-order chi connectivity index (χ0) is 19.4. The summed E-state index contributed by atoms with van der Waals surface area (Å²) < 4.78 is 4.73. The van der Waals surface area contributed by atoms with E-state index in [-0.39, 0.29) is 5.78 Å². The number of carbonyl (C=O) groups excluding carboxylic acids is 1. The lowest BCUT2D eigenvalue weighted by Gasteiger charge is -2.39. The zero-order valence-electron chi connectivity index (χ0n) is 17.8. The van der Waals surface area contributed by atoms with Crippen molar-refractivity contribution < 1.29 is 4.79 Å². The molecule has 0 bridgehead atoms. The van der Waals surface area contributed by atoms with E-state index in [2.05, 4.69) is 42.5 Å². The molecule has 2 rings (SSSR count). The van der Waals surface area contributed by atoms with E-state index in [0.29, 0.717) is 6.42 Å². The van der Waals surface area contributed by atoms with Crippen LogP contribution < -0.4 is 0 Å². The fourth-order valence-corrected chi connectivity index (χ4v) is 9.13. The van der Waals surface area contributed by atoms with Gasteiger partial charge in [-0.05, 0) is 38.8 Å². The van der Waals surface area contributed by atoms with Crippen molar-refractivity contribution >= 4 is 33.7 Å². The van der Waals surface area contributed by atoms with Gasteiger partial charge in [0.15, 0.2) is 16.5 Å². The quantitative estimate of drug-likeness (QED) is 0.485. The second-order valence-corrected chi connectivity index (χ2v) is 18.6. The van der Waals surface area contributed by atoms with Crippen molar-refractivity contribution in [3.05, 3.63) is 0 Å². The average Bonchev–Trinajstić information content (AvgIpc) is 2.50. The Hall–Kier alpha value is -0.956. The first-order chi connectivity index (χ1) is 12.1. The van der Waals surface area contributed by atoms with E-state index in [0.717, 1.165) is 30.9 Å². The highest BCUT2D eigenvalue weighted by atomic mass is 28.3. The van der Waals surface area contributed by atoms with Crippen molar-refractivity contribution in [3.8, 4) is 0 Å². The van der Waals surface area contributed by atoms with Gasteiger partial charge in [-0.25, -0.2) is 0 Å². The minimum atomic E-state index is -1.46. The Balaban J connectivity index is 2.15. The summed E-state index contributed by atoms with van der Waals surface area (Å²) in [6, 6.07) is 2.62. The highest BCUT2D eigenvalue weighted by Crippen LogP contribution is 2.26. The van der Waals surface area contributed by atoms with Gasteiger partial charge in [-0.3, -0.25) is 4.79 Å². The van der Waals surface area contributed by atoms with Gasteiger partial charge in [0.1, 0.15) is 5.78 Å². The maximum absolute atomic E-state index is 11.8. The molecule has 0 unspecified atom stereocenters. The lowest BCUT2D eigenvalue weighted by Crippen LogP contribution is -2.49. The second-order valence-electron chi connectivity index (χ2n) is 9.34. The van der Waals surface area contributed by atoms with Crippen molar-refractivity contribution in [2.75, 3.05) is 13.1 Å². The molecule has 0 aliphatic carbocycles. The molecule has 148 valence electrons. The highest BCUT2D eigenvalue weighted by Gasteiger charge is 2.33. The molecule has 2 aliphatic heterocycles. The van der Waals surface area contributed by atoms with Crippen molar-refractivity contribution in [1.82, 2.24) is 9.35 Å². The van der Waals surface area contributed by atoms with Crippen LogP contribution in [-0.4, -0.2) is 56.1 Å². The van der Waals surface area contributed by atoms with Gasteiger partial charge in [0.25, 0.3) is 0 Å². The van der Waals surface area contributed by atoms with E-state index in [1.165, 1.54) is 37.8 Å². The zero-order valence-corrected chi connectivity index (χ0v) is 19.8. The van der Waals surface area contributed by atoms with E-state index in [4.69, 9.17) is 10.2 Å². The fraction of sp³-hybridized carbons (Fsp3) is 0.842. The first kappa shape index (κ1) is 21.3. The summed E-state index contributed by atoms with van der Waals surface area (Å²) in [6.07, 6.45) is 6.30. The summed E-state index contributed by atoms with van der Waals surface area (Å²) in [5.41, 5.74) is 2.10. The van der Waals surface area contributed by atoms with Crippen LogP contribution in [0, 0.1) is 0 Å². The largest absolute Gasteiger partial charge is 0.324 e.